The summed E-state index contributed by atoms with van der Waals surface area (Å²) in [7, 11) is 0. The van der Waals surface area contributed by atoms with Crippen molar-refractivity contribution in [2.75, 3.05) is 13.1 Å². The molecule has 2 aromatic carbocycles. The fourth-order valence-corrected chi connectivity index (χ4v) is 4.27. The third kappa shape index (κ3) is 3.55. The van der Waals surface area contributed by atoms with Gasteiger partial charge in [0, 0.05) is 34.3 Å². The Morgan fingerprint density at radius 2 is 1.73 bits per heavy atom. The Labute approximate surface area is 184 Å². The maximum atomic E-state index is 13.1. The summed E-state index contributed by atoms with van der Waals surface area (Å²) in [5.41, 5.74) is 6.63. The van der Waals surface area contributed by atoms with E-state index in [4.69, 9.17) is 33.0 Å². The van der Waals surface area contributed by atoms with E-state index in [2.05, 4.69) is 5.43 Å². The van der Waals surface area contributed by atoms with Crippen LogP contribution in [0.3, 0.4) is 0 Å². The number of aromatic nitrogens is 2. The van der Waals surface area contributed by atoms with Crippen LogP contribution in [-0.4, -0.2) is 33.8 Å². The minimum atomic E-state index is -0.220. The van der Waals surface area contributed by atoms with E-state index in [0.29, 0.717) is 21.5 Å². The fraction of sp³-hybridized carbons (Fsp3) is 0.273. The molecule has 8 heteroatoms. The normalized spacial score (nSPS) is 15.8. The molecular formula is C22H20Cl2N4O2. The number of nitrogens with zero attached hydrogens (tertiary/aromatic N) is 3. The summed E-state index contributed by atoms with van der Waals surface area (Å²) in [5, 5.41) is 7.90. The lowest BCUT2D eigenvalue weighted by atomic mass is 10.0. The number of nitrogens with one attached hydrogen (secondary N) is 1. The van der Waals surface area contributed by atoms with Crippen molar-refractivity contribution >= 4 is 29.1 Å². The molecule has 2 aliphatic heterocycles. The molecule has 6 nitrogen and oxygen atoms in total. The van der Waals surface area contributed by atoms with Crippen molar-refractivity contribution in [2.45, 2.75) is 25.9 Å². The van der Waals surface area contributed by atoms with Crippen molar-refractivity contribution in [1.29, 1.82) is 0 Å². The molecule has 0 radical (unpaired) electrons. The van der Waals surface area contributed by atoms with Crippen molar-refractivity contribution in [3.63, 3.8) is 0 Å². The molecule has 1 fully saturated rings. The molecule has 0 spiro atoms. The second kappa shape index (κ2) is 7.95. The van der Waals surface area contributed by atoms with Crippen LogP contribution in [-0.2, 0) is 6.61 Å². The van der Waals surface area contributed by atoms with Crippen molar-refractivity contribution in [3.8, 4) is 22.7 Å². The maximum absolute atomic E-state index is 13.1. The summed E-state index contributed by atoms with van der Waals surface area (Å²) in [6.45, 7) is 1.95. The second-order valence-corrected chi connectivity index (χ2v) is 8.35. The van der Waals surface area contributed by atoms with Gasteiger partial charge in [-0.2, -0.15) is 5.10 Å². The standard InChI is InChI=1S/C22H20Cl2N4O2/c23-14-4-7-16(8-5-14)28-21-17-9-6-15(24)12-19(17)30-13-18(21)20(25-28)22(29)26-27-10-2-1-3-11-27/h4-9,12H,1-3,10-11,13H2,(H,26,29). The molecule has 1 saturated heterocycles. The van der Waals surface area contributed by atoms with E-state index in [-0.39, 0.29) is 12.5 Å². The summed E-state index contributed by atoms with van der Waals surface area (Å²) in [5.74, 6) is 0.454. The Morgan fingerprint density at radius 3 is 2.50 bits per heavy atom. The van der Waals surface area contributed by atoms with E-state index >= 15 is 0 Å². The number of carbonyl (C=O) groups is 1. The number of rotatable bonds is 3. The van der Waals surface area contributed by atoms with E-state index < -0.39 is 0 Å². The number of piperidine rings is 1. The van der Waals surface area contributed by atoms with Crippen molar-refractivity contribution in [3.05, 3.63) is 63.8 Å². The van der Waals surface area contributed by atoms with E-state index in [0.717, 1.165) is 48.4 Å². The van der Waals surface area contributed by atoms with E-state index in [1.807, 2.05) is 29.3 Å². The van der Waals surface area contributed by atoms with Crippen LogP contribution in [0.1, 0.15) is 35.3 Å². The fourth-order valence-electron chi connectivity index (χ4n) is 3.98. The van der Waals surface area contributed by atoms with E-state index in [9.17, 15) is 4.79 Å². The maximum Gasteiger partial charge on any atom is 0.286 e. The Kier molecular flexibility index (Phi) is 5.15. The Bertz CT molecular complexity index is 1110. The molecule has 154 valence electrons. The van der Waals surface area contributed by atoms with Gasteiger partial charge in [-0.15, -0.1) is 0 Å². The number of hydrogen-bond donors (Lipinski definition) is 1. The minimum absolute atomic E-state index is 0.220. The largest absolute Gasteiger partial charge is 0.488 e. The predicted octanol–water partition coefficient (Wildman–Crippen LogP) is 4.87. The zero-order chi connectivity index (χ0) is 20.7. The first-order valence-corrected chi connectivity index (χ1v) is 10.7. The van der Waals surface area contributed by atoms with E-state index in [1.165, 1.54) is 6.42 Å². The number of carbonyl (C=O) groups excluding carboxylic acids is 1. The average Bonchev–Trinajstić information content (AvgIpc) is 3.15. The van der Waals surface area contributed by atoms with Crippen LogP contribution in [0.5, 0.6) is 5.75 Å². The zero-order valence-electron chi connectivity index (χ0n) is 16.2. The van der Waals surface area contributed by atoms with Crippen LogP contribution in [0, 0.1) is 0 Å². The number of benzene rings is 2. The van der Waals surface area contributed by atoms with Crippen LogP contribution in [0.15, 0.2) is 42.5 Å². The van der Waals surface area contributed by atoms with Crippen LogP contribution in [0.25, 0.3) is 16.9 Å². The summed E-state index contributed by atoms with van der Waals surface area (Å²) in [4.78, 5) is 13.1. The summed E-state index contributed by atoms with van der Waals surface area (Å²) < 4.78 is 7.71. The molecule has 5 rings (SSSR count). The monoisotopic (exact) mass is 442 g/mol. The highest BCUT2D eigenvalue weighted by atomic mass is 35.5. The van der Waals surface area contributed by atoms with Gasteiger partial charge in [0.25, 0.3) is 5.91 Å². The van der Waals surface area contributed by atoms with Gasteiger partial charge in [-0.25, -0.2) is 9.69 Å². The lowest BCUT2D eigenvalue weighted by molar-refractivity contribution is 0.0742. The summed E-state index contributed by atoms with van der Waals surface area (Å²) in [6.07, 6.45) is 3.35. The molecule has 1 amide bonds. The number of hydrogen-bond acceptors (Lipinski definition) is 4. The van der Waals surface area contributed by atoms with Crippen molar-refractivity contribution < 1.29 is 9.53 Å². The molecule has 3 aromatic rings. The molecule has 0 saturated carbocycles. The first kappa shape index (κ1) is 19.4. The number of amides is 1. The lowest BCUT2D eigenvalue weighted by Gasteiger charge is -2.26. The first-order chi connectivity index (χ1) is 14.6. The van der Waals surface area contributed by atoms with Gasteiger partial charge in [0.05, 0.1) is 11.4 Å². The smallest absolute Gasteiger partial charge is 0.286 e. The van der Waals surface area contributed by atoms with Gasteiger partial charge >= 0.3 is 0 Å². The average molecular weight is 443 g/mol. The van der Waals surface area contributed by atoms with Crippen molar-refractivity contribution in [1.82, 2.24) is 20.2 Å². The van der Waals surface area contributed by atoms with Gasteiger partial charge in [-0.05, 0) is 55.3 Å². The Hall–Kier alpha value is -2.54. The van der Waals surface area contributed by atoms with E-state index in [1.54, 1.807) is 22.9 Å². The lowest BCUT2D eigenvalue weighted by Crippen LogP contribution is -2.45. The van der Waals surface area contributed by atoms with Crippen molar-refractivity contribution in [2.24, 2.45) is 0 Å². The number of ether oxygens (including phenoxy) is 1. The highest BCUT2D eigenvalue weighted by molar-refractivity contribution is 6.31. The first-order valence-electron chi connectivity index (χ1n) is 9.96. The Balaban J connectivity index is 1.61. The molecular weight excluding hydrogens is 423 g/mol. The number of fused-ring (bicyclic) bond motifs is 3. The number of halogens is 2. The van der Waals surface area contributed by atoms with Crippen LogP contribution in [0.2, 0.25) is 10.0 Å². The quantitative estimate of drug-likeness (QED) is 0.628. The van der Waals surface area contributed by atoms with Gasteiger partial charge in [0.2, 0.25) is 0 Å². The molecule has 30 heavy (non-hydrogen) atoms. The van der Waals surface area contributed by atoms with Gasteiger partial charge in [-0.1, -0.05) is 29.6 Å². The molecule has 1 aromatic heterocycles. The molecule has 0 aliphatic carbocycles. The summed E-state index contributed by atoms with van der Waals surface area (Å²) >= 11 is 12.2. The van der Waals surface area contributed by atoms with Gasteiger partial charge in [-0.3, -0.25) is 10.2 Å². The third-order valence-electron chi connectivity index (χ3n) is 5.46. The summed E-state index contributed by atoms with van der Waals surface area (Å²) in [6, 6.07) is 12.9. The number of hydrazine groups is 1. The molecule has 2 aliphatic rings. The molecule has 3 heterocycles. The minimum Gasteiger partial charge on any atom is -0.488 e. The SMILES string of the molecule is O=C(NN1CCCCC1)c1nn(-c2ccc(Cl)cc2)c2c1COc1cc(Cl)ccc1-2. The topological polar surface area (TPSA) is 59.4 Å². The van der Waals surface area contributed by atoms with Crippen LogP contribution >= 0.6 is 23.2 Å². The predicted molar refractivity (Wildman–Crippen MR) is 116 cm³/mol. The zero-order valence-corrected chi connectivity index (χ0v) is 17.7. The van der Waals surface area contributed by atoms with Gasteiger partial charge in [0.1, 0.15) is 12.4 Å². The molecule has 0 unspecified atom stereocenters. The highest BCUT2D eigenvalue weighted by Gasteiger charge is 2.31. The third-order valence-corrected chi connectivity index (χ3v) is 5.94. The second-order valence-electron chi connectivity index (χ2n) is 7.48. The Morgan fingerprint density at radius 1 is 1.00 bits per heavy atom. The highest BCUT2D eigenvalue weighted by Crippen LogP contribution is 2.41. The van der Waals surface area contributed by atoms with Gasteiger partial charge < -0.3 is 4.74 Å². The van der Waals surface area contributed by atoms with Crippen LogP contribution in [0.4, 0.5) is 0 Å². The van der Waals surface area contributed by atoms with Gasteiger partial charge in [0.15, 0.2) is 5.69 Å². The molecule has 0 bridgehead atoms. The molecule has 1 N–H and O–H groups in total. The molecule has 0 atom stereocenters. The van der Waals surface area contributed by atoms with Crippen LogP contribution < -0.4 is 10.2 Å².